The first kappa shape index (κ1) is 15.5. The number of amidine groups is 1. The maximum Gasteiger partial charge on any atom is 0.130 e. The summed E-state index contributed by atoms with van der Waals surface area (Å²) in [4.78, 5) is 4.93. The standard InChI is InChI=1S/C19H21ClN4/c20-15-6-3-5-14(11-15)12-22-18-19(9-4-10-21-13-19)24-17-8-2-1-7-16(17)23-18/h1-3,5-8,11,21,24H,4,9-10,12-13H2,(H,22,23). The Hall–Kier alpha value is -2.04. The number of piperidine rings is 1. The van der Waals surface area contributed by atoms with Gasteiger partial charge in [0.2, 0.25) is 0 Å². The summed E-state index contributed by atoms with van der Waals surface area (Å²) < 4.78 is 0. The highest BCUT2D eigenvalue weighted by atomic mass is 35.5. The van der Waals surface area contributed by atoms with Crippen molar-refractivity contribution < 1.29 is 0 Å². The summed E-state index contributed by atoms with van der Waals surface area (Å²) in [5.41, 5.74) is 3.09. The van der Waals surface area contributed by atoms with E-state index in [1.807, 2.05) is 30.3 Å². The molecule has 2 aliphatic heterocycles. The van der Waals surface area contributed by atoms with Crippen molar-refractivity contribution in [2.75, 3.05) is 18.4 Å². The second-order valence-corrected chi connectivity index (χ2v) is 6.88. The number of hydrogen-bond donors (Lipinski definition) is 3. The number of para-hydroxylation sites is 2. The molecule has 2 aliphatic rings. The minimum Gasteiger partial charge on any atom is -0.370 e. The summed E-state index contributed by atoms with van der Waals surface area (Å²) in [5.74, 6) is 1.01. The van der Waals surface area contributed by atoms with Gasteiger partial charge in [0.15, 0.2) is 0 Å². The van der Waals surface area contributed by atoms with Crippen LogP contribution in [0, 0.1) is 0 Å². The molecule has 0 aromatic heterocycles. The summed E-state index contributed by atoms with van der Waals surface area (Å²) in [6.45, 7) is 2.65. The van der Waals surface area contributed by atoms with Gasteiger partial charge in [0.25, 0.3) is 0 Å². The summed E-state index contributed by atoms with van der Waals surface area (Å²) >= 11 is 6.10. The van der Waals surface area contributed by atoms with Crippen LogP contribution in [0.3, 0.4) is 0 Å². The fraction of sp³-hybridized carbons (Fsp3) is 0.316. The number of benzene rings is 2. The predicted octanol–water partition coefficient (Wildman–Crippen LogP) is 3.71. The average Bonchev–Trinajstić information content (AvgIpc) is 2.61. The van der Waals surface area contributed by atoms with Crippen molar-refractivity contribution in [1.82, 2.24) is 10.6 Å². The van der Waals surface area contributed by atoms with E-state index in [0.717, 1.165) is 53.7 Å². The number of aliphatic imine (C=N–C) groups is 1. The van der Waals surface area contributed by atoms with Gasteiger partial charge in [-0.05, 0) is 49.2 Å². The zero-order valence-electron chi connectivity index (χ0n) is 13.5. The summed E-state index contributed by atoms with van der Waals surface area (Å²) in [6.07, 6.45) is 2.20. The number of halogens is 1. The van der Waals surface area contributed by atoms with Crippen molar-refractivity contribution in [3.05, 3.63) is 59.1 Å². The van der Waals surface area contributed by atoms with Gasteiger partial charge in [-0.2, -0.15) is 0 Å². The maximum atomic E-state index is 6.10. The lowest BCUT2D eigenvalue weighted by atomic mass is 9.86. The van der Waals surface area contributed by atoms with Crippen LogP contribution >= 0.6 is 11.6 Å². The van der Waals surface area contributed by atoms with Crippen LogP contribution in [0.25, 0.3) is 0 Å². The highest BCUT2D eigenvalue weighted by Gasteiger charge is 2.40. The van der Waals surface area contributed by atoms with E-state index in [1.54, 1.807) is 0 Å². The zero-order chi connectivity index (χ0) is 16.4. The lowest BCUT2D eigenvalue weighted by Gasteiger charge is -2.43. The molecule has 0 radical (unpaired) electrons. The average molecular weight is 341 g/mol. The van der Waals surface area contributed by atoms with Gasteiger partial charge in [-0.15, -0.1) is 0 Å². The van der Waals surface area contributed by atoms with Crippen LogP contribution in [0.2, 0.25) is 5.02 Å². The van der Waals surface area contributed by atoms with Gasteiger partial charge in [-0.1, -0.05) is 35.9 Å². The normalized spacial score (nSPS) is 22.5. The first-order chi connectivity index (χ1) is 11.8. The van der Waals surface area contributed by atoms with Gasteiger partial charge in [0, 0.05) is 18.1 Å². The van der Waals surface area contributed by atoms with Gasteiger partial charge >= 0.3 is 0 Å². The van der Waals surface area contributed by atoms with E-state index in [1.165, 1.54) is 0 Å². The summed E-state index contributed by atoms with van der Waals surface area (Å²) in [5, 5.41) is 11.6. The van der Waals surface area contributed by atoms with E-state index in [0.29, 0.717) is 6.54 Å². The zero-order valence-corrected chi connectivity index (χ0v) is 14.2. The van der Waals surface area contributed by atoms with Gasteiger partial charge in [-0.3, -0.25) is 0 Å². The molecule has 1 saturated heterocycles. The monoisotopic (exact) mass is 340 g/mol. The quantitative estimate of drug-likeness (QED) is 0.781. The Morgan fingerprint density at radius 2 is 2.08 bits per heavy atom. The van der Waals surface area contributed by atoms with Crippen LogP contribution in [-0.4, -0.2) is 24.5 Å². The minimum absolute atomic E-state index is 0.162. The van der Waals surface area contributed by atoms with Gasteiger partial charge in [0.05, 0.1) is 11.4 Å². The van der Waals surface area contributed by atoms with Crippen molar-refractivity contribution >= 4 is 28.8 Å². The molecule has 4 nitrogen and oxygen atoms in total. The molecule has 0 saturated carbocycles. The molecule has 2 heterocycles. The molecule has 0 amide bonds. The number of nitrogens with zero attached hydrogens (tertiary/aromatic N) is 1. The lowest BCUT2D eigenvalue weighted by molar-refractivity contribution is 0.414. The molecule has 3 N–H and O–H groups in total. The Balaban J connectivity index is 1.63. The highest BCUT2D eigenvalue weighted by molar-refractivity contribution is 6.30. The number of fused-ring (bicyclic) bond motifs is 1. The third-order valence-electron chi connectivity index (χ3n) is 4.70. The van der Waals surface area contributed by atoms with E-state index in [-0.39, 0.29) is 5.54 Å². The van der Waals surface area contributed by atoms with Crippen molar-refractivity contribution in [3.8, 4) is 0 Å². The largest absolute Gasteiger partial charge is 0.370 e. The molecular weight excluding hydrogens is 320 g/mol. The molecule has 2 aromatic rings. The van der Waals surface area contributed by atoms with Crippen LogP contribution in [-0.2, 0) is 6.54 Å². The third-order valence-corrected chi connectivity index (χ3v) is 4.93. The van der Waals surface area contributed by atoms with Crippen LogP contribution in [0.15, 0.2) is 53.5 Å². The van der Waals surface area contributed by atoms with E-state index >= 15 is 0 Å². The molecule has 1 spiro atoms. The van der Waals surface area contributed by atoms with Gasteiger partial charge in [0.1, 0.15) is 11.4 Å². The smallest absolute Gasteiger partial charge is 0.130 e. The molecule has 1 fully saturated rings. The molecule has 4 rings (SSSR count). The minimum atomic E-state index is -0.162. The Morgan fingerprint density at radius 3 is 2.92 bits per heavy atom. The van der Waals surface area contributed by atoms with Crippen LogP contribution < -0.4 is 16.0 Å². The predicted molar refractivity (Wildman–Crippen MR) is 100 cm³/mol. The molecule has 0 aliphatic carbocycles. The number of hydrogen-bond acceptors (Lipinski definition) is 4. The van der Waals surface area contributed by atoms with Gasteiger partial charge in [-0.25, -0.2) is 4.99 Å². The molecule has 24 heavy (non-hydrogen) atoms. The van der Waals surface area contributed by atoms with Crippen molar-refractivity contribution in [3.63, 3.8) is 0 Å². The SMILES string of the molecule is Clc1cccc(CNC2=Nc3ccccc3NC23CCCNC3)c1. The highest BCUT2D eigenvalue weighted by Crippen LogP contribution is 2.35. The molecule has 124 valence electrons. The summed E-state index contributed by atoms with van der Waals surface area (Å²) in [7, 11) is 0. The molecule has 1 unspecified atom stereocenters. The van der Waals surface area contributed by atoms with Gasteiger partial charge < -0.3 is 16.0 Å². The van der Waals surface area contributed by atoms with E-state index in [9.17, 15) is 0 Å². The molecule has 0 bridgehead atoms. The van der Waals surface area contributed by atoms with Crippen LogP contribution in [0.4, 0.5) is 11.4 Å². The number of anilines is 1. The van der Waals surface area contributed by atoms with Crippen molar-refractivity contribution in [2.24, 2.45) is 4.99 Å². The van der Waals surface area contributed by atoms with Crippen LogP contribution in [0.5, 0.6) is 0 Å². The Bertz CT molecular complexity index is 765. The van der Waals surface area contributed by atoms with Crippen molar-refractivity contribution in [2.45, 2.75) is 24.9 Å². The molecule has 5 heteroatoms. The van der Waals surface area contributed by atoms with Crippen molar-refractivity contribution in [1.29, 1.82) is 0 Å². The van der Waals surface area contributed by atoms with E-state index in [2.05, 4.69) is 34.1 Å². The second kappa shape index (κ2) is 6.46. The Kier molecular flexibility index (Phi) is 4.17. The number of rotatable bonds is 2. The summed E-state index contributed by atoms with van der Waals surface area (Å²) in [6, 6.07) is 16.2. The third kappa shape index (κ3) is 2.99. The molecule has 1 atom stereocenters. The van der Waals surface area contributed by atoms with E-state index < -0.39 is 0 Å². The van der Waals surface area contributed by atoms with Crippen LogP contribution in [0.1, 0.15) is 18.4 Å². The topological polar surface area (TPSA) is 48.5 Å². The maximum absolute atomic E-state index is 6.10. The Labute approximate surface area is 147 Å². The first-order valence-corrected chi connectivity index (χ1v) is 8.78. The molecule has 2 aromatic carbocycles. The fourth-order valence-corrected chi connectivity index (χ4v) is 3.69. The van der Waals surface area contributed by atoms with E-state index in [4.69, 9.17) is 16.6 Å². The number of nitrogens with one attached hydrogen (secondary N) is 3. The first-order valence-electron chi connectivity index (χ1n) is 8.41. The Morgan fingerprint density at radius 1 is 1.17 bits per heavy atom. The lowest BCUT2D eigenvalue weighted by Crippen LogP contribution is -2.61. The molecular formula is C19H21ClN4. The second-order valence-electron chi connectivity index (χ2n) is 6.45. The fourth-order valence-electron chi connectivity index (χ4n) is 3.48.